The Bertz CT molecular complexity index is 1080. The second-order valence-corrected chi connectivity index (χ2v) is 7.81. The van der Waals surface area contributed by atoms with Gasteiger partial charge in [-0.1, -0.05) is 23.7 Å². The third-order valence-electron chi connectivity index (χ3n) is 5.16. The molecular weight excluding hydrogens is 468 g/mol. The lowest BCUT2D eigenvalue weighted by atomic mass is 9.91. The van der Waals surface area contributed by atoms with Crippen molar-refractivity contribution in [2.45, 2.75) is 24.4 Å². The molecule has 7 nitrogen and oxygen atoms in total. The predicted octanol–water partition coefficient (Wildman–Crippen LogP) is 3.68. The first-order chi connectivity index (χ1) is 15.4. The van der Waals surface area contributed by atoms with E-state index in [1.165, 1.54) is 4.90 Å². The number of rotatable bonds is 1. The molecule has 1 saturated heterocycles. The number of hydrogen-bond donors (Lipinski definition) is 3. The quantitative estimate of drug-likeness (QED) is 0.533. The Morgan fingerprint density at radius 1 is 1.18 bits per heavy atom. The number of nitrogens with two attached hydrogens (primary N) is 1. The molecule has 2 aromatic rings. The van der Waals surface area contributed by atoms with Crippen LogP contribution in [0.2, 0.25) is 5.02 Å². The van der Waals surface area contributed by atoms with Crippen molar-refractivity contribution in [3.8, 4) is 0 Å². The summed E-state index contributed by atoms with van der Waals surface area (Å²) in [4.78, 5) is 27.5. The molecule has 4 rings (SSSR count). The van der Waals surface area contributed by atoms with Gasteiger partial charge >= 0.3 is 12.1 Å². The van der Waals surface area contributed by atoms with Crippen molar-refractivity contribution in [3.05, 3.63) is 64.7 Å². The fourth-order valence-corrected chi connectivity index (χ4v) is 3.60. The molecule has 0 saturated carbocycles. The Labute approximate surface area is 190 Å². The average molecular weight is 487 g/mol. The molecule has 0 aromatic heterocycles. The lowest BCUT2D eigenvalue weighted by molar-refractivity contribution is -0.192. The van der Waals surface area contributed by atoms with Crippen LogP contribution in [0.15, 0.2) is 53.5 Å². The number of aliphatic carboxylic acids is 1. The average Bonchev–Trinajstić information content (AvgIpc) is 2.76. The van der Waals surface area contributed by atoms with Gasteiger partial charge in [-0.2, -0.15) is 13.2 Å². The molecule has 12 heteroatoms. The lowest BCUT2D eigenvalue weighted by Crippen LogP contribution is -2.59. The summed E-state index contributed by atoms with van der Waals surface area (Å²) in [5.74, 6) is -2.65. The number of carbonyl (C=O) groups is 2. The van der Waals surface area contributed by atoms with Crippen LogP contribution in [-0.4, -0.2) is 58.8 Å². The molecule has 2 aliphatic rings. The first kappa shape index (κ1) is 24.3. The number of amidine groups is 1. The zero-order valence-electron chi connectivity index (χ0n) is 16.9. The SMILES string of the molecule is NC1=NC2(CCN(C(=O)c3ccc(Cl)cc3)CC2F)Nc2ccccc21.O=C(O)C(F)(F)F. The number of para-hydroxylation sites is 1. The second kappa shape index (κ2) is 9.26. The number of carboxylic acids is 1. The zero-order chi connectivity index (χ0) is 24.4. The van der Waals surface area contributed by atoms with Crippen LogP contribution in [0, 0.1) is 0 Å². The Hall–Kier alpha value is -3.34. The Kier molecular flexibility index (Phi) is 6.82. The van der Waals surface area contributed by atoms with Gasteiger partial charge in [0.1, 0.15) is 5.84 Å². The highest BCUT2D eigenvalue weighted by Crippen LogP contribution is 2.36. The third kappa shape index (κ3) is 5.36. The topological polar surface area (TPSA) is 108 Å². The van der Waals surface area contributed by atoms with Gasteiger partial charge in [0.2, 0.25) is 0 Å². The van der Waals surface area contributed by atoms with Crippen molar-refractivity contribution in [3.63, 3.8) is 0 Å². The van der Waals surface area contributed by atoms with Crippen LogP contribution in [0.1, 0.15) is 22.3 Å². The van der Waals surface area contributed by atoms with Crippen LogP contribution in [0.3, 0.4) is 0 Å². The van der Waals surface area contributed by atoms with Gasteiger partial charge in [-0.05, 0) is 36.4 Å². The summed E-state index contributed by atoms with van der Waals surface area (Å²) in [6.07, 6.45) is -6.12. The van der Waals surface area contributed by atoms with Gasteiger partial charge in [0, 0.05) is 34.8 Å². The molecule has 33 heavy (non-hydrogen) atoms. The molecule has 2 aliphatic heterocycles. The van der Waals surface area contributed by atoms with E-state index >= 15 is 4.39 Å². The molecule has 0 aliphatic carbocycles. The number of hydrogen-bond acceptors (Lipinski definition) is 5. The highest BCUT2D eigenvalue weighted by molar-refractivity contribution is 6.30. The summed E-state index contributed by atoms with van der Waals surface area (Å²) in [7, 11) is 0. The number of likely N-dealkylation sites (tertiary alicyclic amines) is 1. The van der Waals surface area contributed by atoms with Crippen molar-refractivity contribution in [2.75, 3.05) is 18.4 Å². The van der Waals surface area contributed by atoms with Gasteiger partial charge in [-0.15, -0.1) is 0 Å². The third-order valence-corrected chi connectivity index (χ3v) is 5.41. The van der Waals surface area contributed by atoms with E-state index in [1.807, 2.05) is 24.3 Å². The zero-order valence-corrected chi connectivity index (χ0v) is 17.7. The van der Waals surface area contributed by atoms with Crippen LogP contribution >= 0.6 is 11.6 Å². The number of nitrogens with one attached hydrogen (secondary N) is 1. The van der Waals surface area contributed by atoms with Gasteiger partial charge in [-0.3, -0.25) is 4.79 Å². The molecular formula is C21H19ClF4N4O3. The number of anilines is 1. The van der Waals surface area contributed by atoms with Gasteiger partial charge < -0.3 is 21.1 Å². The first-order valence-corrected chi connectivity index (χ1v) is 10.0. The number of halogens is 5. The lowest BCUT2D eigenvalue weighted by Gasteiger charge is -2.44. The molecule has 0 radical (unpaired) electrons. The van der Waals surface area contributed by atoms with Crippen molar-refractivity contribution in [2.24, 2.45) is 10.7 Å². The van der Waals surface area contributed by atoms with Gasteiger partial charge in [0.15, 0.2) is 11.8 Å². The highest BCUT2D eigenvalue weighted by atomic mass is 35.5. The summed E-state index contributed by atoms with van der Waals surface area (Å²) in [5, 5.41) is 10.9. The van der Waals surface area contributed by atoms with Crippen LogP contribution in [-0.2, 0) is 4.79 Å². The van der Waals surface area contributed by atoms with Crippen molar-refractivity contribution in [1.29, 1.82) is 0 Å². The Balaban J connectivity index is 0.000000383. The highest BCUT2D eigenvalue weighted by Gasteiger charge is 2.47. The van der Waals surface area contributed by atoms with Crippen molar-refractivity contribution < 1.29 is 32.3 Å². The molecule has 1 fully saturated rings. The fourth-order valence-electron chi connectivity index (χ4n) is 3.48. The van der Waals surface area contributed by atoms with E-state index in [0.29, 0.717) is 29.4 Å². The summed E-state index contributed by atoms with van der Waals surface area (Å²) >= 11 is 5.86. The maximum Gasteiger partial charge on any atom is 0.490 e. The Morgan fingerprint density at radius 2 is 1.79 bits per heavy atom. The maximum absolute atomic E-state index is 15.1. The molecule has 2 heterocycles. The summed E-state index contributed by atoms with van der Waals surface area (Å²) in [6.45, 7) is 0.335. The van der Waals surface area contributed by atoms with E-state index < -0.39 is 24.0 Å². The number of carbonyl (C=O) groups excluding carboxylic acids is 1. The summed E-state index contributed by atoms with van der Waals surface area (Å²) < 4.78 is 46.9. The summed E-state index contributed by atoms with van der Waals surface area (Å²) in [6, 6.07) is 14.0. The van der Waals surface area contributed by atoms with Crippen LogP contribution < -0.4 is 11.1 Å². The maximum atomic E-state index is 15.1. The van der Waals surface area contributed by atoms with Crippen LogP contribution in [0.25, 0.3) is 0 Å². The normalized spacial score (nSPS) is 21.8. The molecule has 1 spiro atoms. The van der Waals surface area contributed by atoms with Crippen molar-refractivity contribution >= 4 is 35.0 Å². The molecule has 2 unspecified atom stereocenters. The van der Waals surface area contributed by atoms with E-state index in [9.17, 15) is 18.0 Å². The van der Waals surface area contributed by atoms with E-state index in [1.54, 1.807) is 24.3 Å². The number of piperidine rings is 1. The molecule has 1 amide bonds. The van der Waals surface area contributed by atoms with Gasteiger partial charge in [0.05, 0.1) is 6.54 Å². The number of alkyl halides is 4. The molecule has 2 atom stereocenters. The standard InChI is InChI=1S/C19H18ClFN4O.C2HF3O2/c20-13-7-5-12(6-8-13)18(26)25-10-9-19(16(21)11-25)23-15-4-2-1-3-14(15)17(22)24-19;3-2(4,5)1(6)7/h1-8,16,23H,9-11H2,(H2,22,24);(H,6,7). The molecule has 2 aromatic carbocycles. The minimum atomic E-state index is -5.08. The van der Waals surface area contributed by atoms with E-state index in [0.717, 1.165) is 11.3 Å². The van der Waals surface area contributed by atoms with Crippen LogP contribution in [0.4, 0.5) is 23.2 Å². The second-order valence-electron chi connectivity index (χ2n) is 7.37. The molecule has 176 valence electrons. The number of nitrogens with zero attached hydrogens (tertiary/aromatic N) is 2. The molecule has 4 N–H and O–H groups in total. The van der Waals surface area contributed by atoms with Crippen LogP contribution in [0.5, 0.6) is 0 Å². The van der Waals surface area contributed by atoms with Gasteiger partial charge in [-0.25, -0.2) is 14.2 Å². The predicted molar refractivity (Wildman–Crippen MR) is 114 cm³/mol. The van der Waals surface area contributed by atoms with E-state index in [-0.39, 0.29) is 12.5 Å². The van der Waals surface area contributed by atoms with E-state index in [2.05, 4.69) is 10.3 Å². The number of aliphatic imine (C=N–C) groups is 1. The number of benzene rings is 2. The van der Waals surface area contributed by atoms with Gasteiger partial charge in [0.25, 0.3) is 5.91 Å². The largest absolute Gasteiger partial charge is 0.490 e. The van der Waals surface area contributed by atoms with E-state index in [4.69, 9.17) is 27.2 Å². The first-order valence-electron chi connectivity index (χ1n) is 9.65. The number of amides is 1. The smallest absolute Gasteiger partial charge is 0.475 e. The van der Waals surface area contributed by atoms with Crippen molar-refractivity contribution in [1.82, 2.24) is 4.90 Å². The minimum absolute atomic E-state index is 0.0482. The number of fused-ring (bicyclic) bond motifs is 1. The minimum Gasteiger partial charge on any atom is -0.475 e. The Morgan fingerprint density at radius 3 is 2.36 bits per heavy atom. The monoisotopic (exact) mass is 486 g/mol. The summed E-state index contributed by atoms with van der Waals surface area (Å²) in [5.41, 5.74) is 6.96. The molecule has 0 bridgehead atoms. The number of carboxylic acid groups (broad SMARTS) is 1. The fraction of sp³-hybridized carbons (Fsp3) is 0.286.